The third-order valence-electron chi connectivity index (χ3n) is 4.38. The highest BCUT2D eigenvalue weighted by molar-refractivity contribution is 5.94. The molecule has 0 saturated carbocycles. The van der Waals surface area contributed by atoms with E-state index in [1.165, 1.54) is 0 Å². The first kappa shape index (κ1) is 17.2. The molecule has 1 saturated heterocycles. The van der Waals surface area contributed by atoms with E-state index in [0.29, 0.717) is 18.8 Å². The Morgan fingerprint density at radius 3 is 2.56 bits per heavy atom. The van der Waals surface area contributed by atoms with Crippen LogP contribution in [0.5, 0.6) is 0 Å². The zero-order valence-corrected chi connectivity index (χ0v) is 13.9. The zero-order valence-electron chi connectivity index (χ0n) is 13.9. The Bertz CT molecular complexity index is 706. The molecule has 7 heteroatoms. The van der Waals surface area contributed by atoms with Gasteiger partial charge in [-0.1, -0.05) is 0 Å². The first-order chi connectivity index (χ1) is 12.1. The van der Waals surface area contributed by atoms with Crippen molar-refractivity contribution in [3.8, 4) is 5.69 Å². The van der Waals surface area contributed by atoms with Gasteiger partial charge in [-0.25, -0.2) is 4.98 Å². The van der Waals surface area contributed by atoms with Gasteiger partial charge in [-0.15, -0.1) is 0 Å². The molecule has 1 aliphatic heterocycles. The molecule has 1 aromatic carbocycles. The van der Waals surface area contributed by atoms with Crippen LogP contribution in [0.3, 0.4) is 0 Å². The van der Waals surface area contributed by atoms with E-state index in [2.05, 4.69) is 4.98 Å². The maximum Gasteiger partial charge on any atom is 0.305 e. The van der Waals surface area contributed by atoms with Crippen LogP contribution in [-0.2, 0) is 9.53 Å². The molecule has 1 amide bonds. The van der Waals surface area contributed by atoms with E-state index in [4.69, 9.17) is 9.84 Å². The van der Waals surface area contributed by atoms with Crippen LogP contribution in [-0.4, -0.2) is 57.2 Å². The first-order valence-electron chi connectivity index (χ1n) is 8.34. The van der Waals surface area contributed by atoms with Crippen LogP contribution in [0.25, 0.3) is 5.69 Å². The summed E-state index contributed by atoms with van der Waals surface area (Å²) in [6.45, 7) is 1.41. The van der Waals surface area contributed by atoms with Crippen molar-refractivity contribution in [1.82, 2.24) is 14.5 Å². The molecule has 2 heterocycles. The molecule has 132 valence electrons. The van der Waals surface area contributed by atoms with Gasteiger partial charge in [-0.2, -0.15) is 0 Å². The van der Waals surface area contributed by atoms with E-state index >= 15 is 0 Å². The third-order valence-corrected chi connectivity index (χ3v) is 4.38. The topological polar surface area (TPSA) is 84.7 Å². The minimum atomic E-state index is -0.902. The van der Waals surface area contributed by atoms with Gasteiger partial charge in [0.2, 0.25) is 0 Å². The molecule has 25 heavy (non-hydrogen) atoms. The SMILES string of the molecule is O=C(O)CCN(C(=O)c1ccc(-n2ccnc2)cc1)C1CCOCC1. The van der Waals surface area contributed by atoms with E-state index in [0.717, 1.165) is 18.5 Å². The Kier molecular flexibility index (Phi) is 5.45. The summed E-state index contributed by atoms with van der Waals surface area (Å²) >= 11 is 0. The molecule has 1 N–H and O–H groups in total. The molecular formula is C18H21N3O4. The quantitative estimate of drug-likeness (QED) is 0.867. The zero-order chi connectivity index (χ0) is 17.6. The van der Waals surface area contributed by atoms with Gasteiger partial charge in [-0.05, 0) is 37.1 Å². The number of rotatable bonds is 6. The van der Waals surface area contributed by atoms with Crippen LogP contribution in [0.4, 0.5) is 0 Å². The lowest BCUT2D eigenvalue weighted by molar-refractivity contribution is -0.137. The van der Waals surface area contributed by atoms with Crippen molar-refractivity contribution < 1.29 is 19.4 Å². The summed E-state index contributed by atoms with van der Waals surface area (Å²) in [6.07, 6.45) is 6.63. The van der Waals surface area contributed by atoms with Gasteiger partial charge in [0.1, 0.15) is 0 Å². The fourth-order valence-electron chi connectivity index (χ4n) is 3.02. The largest absolute Gasteiger partial charge is 0.481 e. The van der Waals surface area contributed by atoms with Gasteiger partial charge in [-0.3, -0.25) is 9.59 Å². The number of ether oxygens (including phenoxy) is 1. The molecule has 3 rings (SSSR count). The van der Waals surface area contributed by atoms with Gasteiger partial charge in [0.15, 0.2) is 0 Å². The van der Waals surface area contributed by atoms with Crippen molar-refractivity contribution in [3.05, 3.63) is 48.5 Å². The van der Waals surface area contributed by atoms with Crippen LogP contribution in [0, 0.1) is 0 Å². The molecule has 0 atom stereocenters. The molecule has 2 aromatic rings. The summed E-state index contributed by atoms with van der Waals surface area (Å²) in [5, 5.41) is 8.98. The summed E-state index contributed by atoms with van der Waals surface area (Å²) in [5.41, 5.74) is 1.47. The molecule has 0 aliphatic carbocycles. The standard InChI is InChI=1S/C18H21N3O4/c22-17(23)5-9-21(16-6-11-25-12-7-16)18(24)14-1-3-15(4-2-14)20-10-8-19-13-20/h1-4,8,10,13,16H,5-7,9,11-12H2,(H,22,23). The number of carbonyl (C=O) groups is 2. The fourth-order valence-corrected chi connectivity index (χ4v) is 3.02. The number of carboxylic acids is 1. The van der Waals surface area contributed by atoms with E-state index in [1.54, 1.807) is 29.6 Å². The van der Waals surface area contributed by atoms with Crippen molar-refractivity contribution in [1.29, 1.82) is 0 Å². The highest BCUT2D eigenvalue weighted by Crippen LogP contribution is 2.19. The lowest BCUT2D eigenvalue weighted by atomic mass is 10.0. The molecule has 0 unspecified atom stereocenters. The number of amides is 1. The van der Waals surface area contributed by atoms with E-state index in [1.807, 2.05) is 22.9 Å². The maximum atomic E-state index is 12.9. The maximum absolute atomic E-state index is 12.9. The van der Waals surface area contributed by atoms with Crippen molar-refractivity contribution in [2.75, 3.05) is 19.8 Å². The number of nitrogens with zero attached hydrogens (tertiary/aromatic N) is 3. The van der Waals surface area contributed by atoms with Crippen molar-refractivity contribution >= 4 is 11.9 Å². The number of aromatic nitrogens is 2. The molecule has 0 bridgehead atoms. The van der Waals surface area contributed by atoms with Crippen LogP contribution < -0.4 is 0 Å². The Morgan fingerprint density at radius 2 is 1.96 bits per heavy atom. The smallest absolute Gasteiger partial charge is 0.305 e. The van der Waals surface area contributed by atoms with E-state index < -0.39 is 5.97 Å². The summed E-state index contributed by atoms with van der Waals surface area (Å²) in [4.78, 5) is 29.6. The minimum Gasteiger partial charge on any atom is -0.481 e. The number of imidazole rings is 1. The van der Waals surface area contributed by atoms with Gasteiger partial charge < -0.3 is 19.3 Å². The number of benzene rings is 1. The number of carboxylic acid groups (broad SMARTS) is 1. The van der Waals surface area contributed by atoms with Crippen molar-refractivity contribution in [2.45, 2.75) is 25.3 Å². The summed E-state index contributed by atoms with van der Waals surface area (Å²) in [7, 11) is 0. The predicted octanol–water partition coefficient (Wildman–Crippen LogP) is 1.97. The summed E-state index contributed by atoms with van der Waals surface area (Å²) < 4.78 is 7.21. The van der Waals surface area contributed by atoms with E-state index in [9.17, 15) is 9.59 Å². The monoisotopic (exact) mass is 343 g/mol. The minimum absolute atomic E-state index is 0.0222. The number of hydrogen-bond donors (Lipinski definition) is 1. The third kappa shape index (κ3) is 4.24. The summed E-state index contributed by atoms with van der Waals surface area (Å²) in [5.74, 6) is -1.04. The second-order valence-corrected chi connectivity index (χ2v) is 6.00. The molecule has 0 spiro atoms. The van der Waals surface area contributed by atoms with E-state index in [-0.39, 0.29) is 24.9 Å². The Morgan fingerprint density at radius 1 is 1.24 bits per heavy atom. The Balaban J connectivity index is 1.77. The lowest BCUT2D eigenvalue weighted by Crippen LogP contribution is -2.44. The molecule has 1 fully saturated rings. The van der Waals surface area contributed by atoms with Crippen LogP contribution >= 0.6 is 0 Å². The molecule has 7 nitrogen and oxygen atoms in total. The van der Waals surface area contributed by atoms with Crippen LogP contribution in [0.15, 0.2) is 43.0 Å². The summed E-state index contributed by atoms with van der Waals surface area (Å²) in [6, 6.07) is 7.27. The molecule has 0 radical (unpaired) electrons. The lowest BCUT2D eigenvalue weighted by Gasteiger charge is -2.34. The highest BCUT2D eigenvalue weighted by Gasteiger charge is 2.27. The predicted molar refractivity (Wildman–Crippen MR) is 90.7 cm³/mol. The average molecular weight is 343 g/mol. The van der Waals surface area contributed by atoms with Crippen LogP contribution in [0.2, 0.25) is 0 Å². The van der Waals surface area contributed by atoms with Gasteiger partial charge in [0, 0.05) is 49.4 Å². The Hall–Kier alpha value is -2.67. The number of hydrogen-bond acceptors (Lipinski definition) is 4. The van der Waals surface area contributed by atoms with Crippen molar-refractivity contribution in [2.24, 2.45) is 0 Å². The number of carbonyl (C=O) groups excluding carboxylic acids is 1. The van der Waals surface area contributed by atoms with Gasteiger partial charge in [0.05, 0.1) is 12.7 Å². The second kappa shape index (κ2) is 7.94. The number of aliphatic carboxylic acids is 1. The average Bonchev–Trinajstić information content (AvgIpc) is 3.17. The second-order valence-electron chi connectivity index (χ2n) is 6.00. The fraction of sp³-hybridized carbons (Fsp3) is 0.389. The molecule has 1 aromatic heterocycles. The van der Waals surface area contributed by atoms with Gasteiger partial charge >= 0.3 is 5.97 Å². The first-order valence-corrected chi connectivity index (χ1v) is 8.34. The Labute approximate surface area is 145 Å². The van der Waals surface area contributed by atoms with Gasteiger partial charge in [0.25, 0.3) is 5.91 Å². The highest BCUT2D eigenvalue weighted by atomic mass is 16.5. The van der Waals surface area contributed by atoms with Crippen molar-refractivity contribution in [3.63, 3.8) is 0 Å². The normalized spacial score (nSPS) is 15.0. The molecule has 1 aliphatic rings. The molecular weight excluding hydrogens is 322 g/mol. The van der Waals surface area contributed by atoms with Crippen LogP contribution in [0.1, 0.15) is 29.6 Å².